The number of thioether (sulfide) groups is 1. The number of carbonyl (C=O) groups is 1. The highest BCUT2D eigenvalue weighted by molar-refractivity contribution is 7.99. The number of fused-ring (bicyclic) bond motifs is 1. The molecule has 0 aliphatic heterocycles. The van der Waals surface area contributed by atoms with Crippen LogP contribution in [0.4, 0.5) is 4.39 Å². The van der Waals surface area contributed by atoms with E-state index in [4.69, 9.17) is 21.4 Å². The molecule has 8 heteroatoms. The van der Waals surface area contributed by atoms with Gasteiger partial charge in [0.25, 0.3) is 0 Å². The van der Waals surface area contributed by atoms with Gasteiger partial charge >= 0.3 is 5.97 Å². The van der Waals surface area contributed by atoms with E-state index in [1.165, 1.54) is 12.1 Å². The third-order valence-electron chi connectivity index (χ3n) is 2.81. The van der Waals surface area contributed by atoms with Crippen LogP contribution < -0.4 is 0 Å². The highest BCUT2D eigenvalue weighted by Crippen LogP contribution is 2.28. The second-order valence-electron chi connectivity index (χ2n) is 4.33. The lowest BCUT2D eigenvalue weighted by Gasteiger charge is -2.08. The topological polar surface area (TPSA) is 64.3 Å². The molecule has 0 amide bonds. The standard InChI is InChI=1S/C13H14ClFN2O3S/c1-20-4-2-3-17-11-6-9(15)8(14)5-10(11)16-13(17)21-7-12(18)19/h5-6H,2-4,7H2,1H3,(H,18,19). The summed E-state index contributed by atoms with van der Waals surface area (Å²) in [6.07, 6.45) is 0.715. The Bertz CT molecular complexity index is 662. The van der Waals surface area contributed by atoms with Crippen molar-refractivity contribution in [3.63, 3.8) is 0 Å². The summed E-state index contributed by atoms with van der Waals surface area (Å²) in [6, 6.07) is 2.77. The lowest BCUT2D eigenvalue weighted by atomic mass is 10.3. The number of aryl methyl sites for hydroxylation is 1. The highest BCUT2D eigenvalue weighted by atomic mass is 35.5. The molecule has 1 N–H and O–H groups in total. The Hall–Kier alpha value is -1.31. The van der Waals surface area contributed by atoms with E-state index in [0.717, 1.165) is 11.8 Å². The summed E-state index contributed by atoms with van der Waals surface area (Å²) in [6.45, 7) is 1.12. The summed E-state index contributed by atoms with van der Waals surface area (Å²) in [5.41, 5.74) is 1.15. The number of hydrogen-bond donors (Lipinski definition) is 1. The van der Waals surface area contributed by atoms with Crippen LogP contribution in [-0.4, -0.2) is 40.1 Å². The Kier molecular flexibility index (Phi) is 5.44. The van der Waals surface area contributed by atoms with Crippen molar-refractivity contribution in [1.29, 1.82) is 0 Å². The van der Waals surface area contributed by atoms with Crippen LogP contribution in [0, 0.1) is 5.82 Å². The zero-order valence-electron chi connectivity index (χ0n) is 11.3. The number of benzene rings is 1. The van der Waals surface area contributed by atoms with E-state index in [0.29, 0.717) is 35.8 Å². The van der Waals surface area contributed by atoms with Crippen molar-refractivity contribution in [2.24, 2.45) is 0 Å². The molecule has 0 spiro atoms. The molecule has 0 unspecified atom stereocenters. The molecule has 0 radical (unpaired) electrons. The van der Waals surface area contributed by atoms with Gasteiger partial charge in [-0.1, -0.05) is 23.4 Å². The molecule has 1 heterocycles. The van der Waals surface area contributed by atoms with Gasteiger partial charge < -0.3 is 14.4 Å². The molecule has 2 aromatic rings. The third-order valence-corrected chi connectivity index (χ3v) is 4.06. The molecule has 5 nitrogen and oxygen atoms in total. The summed E-state index contributed by atoms with van der Waals surface area (Å²) in [5, 5.41) is 9.32. The van der Waals surface area contributed by atoms with Crippen LogP contribution in [0.25, 0.3) is 11.0 Å². The largest absolute Gasteiger partial charge is 0.481 e. The van der Waals surface area contributed by atoms with Crippen molar-refractivity contribution in [2.45, 2.75) is 18.1 Å². The minimum Gasteiger partial charge on any atom is -0.481 e. The van der Waals surface area contributed by atoms with Crippen molar-refractivity contribution in [2.75, 3.05) is 19.5 Å². The Labute approximate surface area is 130 Å². The van der Waals surface area contributed by atoms with E-state index in [-0.39, 0.29) is 10.8 Å². The van der Waals surface area contributed by atoms with Crippen LogP contribution in [0.3, 0.4) is 0 Å². The third kappa shape index (κ3) is 3.87. The maximum absolute atomic E-state index is 13.6. The number of carboxylic acids is 1. The van der Waals surface area contributed by atoms with E-state index in [9.17, 15) is 9.18 Å². The fourth-order valence-electron chi connectivity index (χ4n) is 1.92. The molecule has 114 valence electrons. The van der Waals surface area contributed by atoms with Gasteiger partial charge in [0.15, 0.2) is 5.16 Å². The Morgan fingerprint density at radius 3 is 3.00 bits per heavy atom. The molecular formula is C13H14ClFN2O3S. The summed E-state index contributed by atoms with van der Waals surface area (Å²) < 4.78 is 20.4. The SMILES string of the molecule is COCCCn1c(SCC(=O)O)nc2cc(Cl)c(F)cc21. The number of hydrogen-bond acceptors (Lipinski definition) is 4. The fourth-order valence-corrected chi connectivity index (χ4v) is 2.84. The first kappa shape index (κ1) is 16.1. The fraction of sp³-hybridized carbons (Fsp3) is 0.385. The van der Waals surface area contributed by atoms with Crippen LogP contribution in [0.5, 0.6) is 0 Å². The van der Waals surface area contributed by atoms with Crippen LogP contribution in [0.1, 0.15) is 6.42 Å². The van der Waals surface area contributed by atoms with Crippen LogP contribution in [0.15, 0.2) is 17.3 Å². The monoisotopic (exact) mass is 332 g/mol. The van der Waals surface area contributed by atoms with Crippen LogP contribution in [0.2, 0.25) is 5.02 Å². The molecule has 0 aliphatic rings. The van der Waals surface area contributed by atoms with E-state index in [1.54, 1.807) is 11.7 Å². The summed E-state index contributed by atoms with van der Waals surface area (Å²) >= 11 is 6.85. The Morgan fingerprint density at radius 1 is 1.57 bits per heavy atom. The molecule has 21 heavy (non-hydrogen) atoms. The van der Waals surface area contributed by atoms with Crippen molar-refractivity contribution in [3.8, 4) is 0 Å². The van der Waals surface area contributed by atoms with Crippen molar-refractivity contribution >= 4 is 40.4 Å². The van der Waals surface area contributed by atoms with Gasteiger partial charge in [0.05, 0.1) is 21.8 Å². The highest BCUT2D eigenvalue weighted by Gasteiger charge is 2.15. The van der Waals surface area contributed by atoms with Crippen molar-refractivity contribution in [1.82, 2.24) is 9.55 Å². The second-order valence-corrected chi connectivity index (χ2v) is 5.68. The Morgan fingerprint density at radius 2 is 2.33 bits per heavy atom. The lowest BCUT2D eigenvalue weighted by molar-refractivity contribution is -0.133. The maximum atomic E-state index is 13.6. The first-order valence-corrected chi connectivity index (χ1v) is 7.58. The van der Waals surface area contributed by atoms with Crippen LogP contribution in [-0.2, 0) is 16.1 Å². The predicted octanol–water partition coefficient (Wildman–Crippen LogP) is 3.04. The van der Waals surface area contributed by atoms with Crippen molar-refractivity contribution < 1.29 is 19.0 Å². The maximum Gasteiger partial charge on any atom is 0.313 e. The molecule has 0 saturated carbocycles. The number of aliphatic carboxylic acids is 1. The van der Waals surface area contributed by atoms with Gasteiger partial charge in [0.1, 0.15) is 5.82 Å². The van der Waals surface area contributed by atoms with E-state index < -0.39 is 11.8 Å². The molecule has 0 saturated heterocycles. The summed E-state index contributed by atoms with van der Waals surface area (Å²) in [5.74, 6) is -1.56. The average molecular weight is 333 g/mol. The number of aromatic nitrogens is 2. The minimum atomic E-state index is -0.931. The van der Waals surface area contributed by atoms with Gasteiger partial charge in [-0.3, -0.25) is 4.79 Å². The molecule has 0 bridgehead atoms. The van der Waals surface area contributed by atoms with Gasteiger partial charge in [0, 0.05) is 26.3 Å². The zero-order chi connectivity index (χ0) is 15.4. The summed E-state index contributed by atoms with van der Waals surface area (Å²) in [4.78, 5) is 15.0. The van der Waals surface area contributed by atoms with Crippen molar-refractivity contribution in [3.05, 3.63) is 23.0 Å². The number of imidazole rings is 1. The molecular weight excluding hydrogens is 319 g/mol. The molecule has 0 atom stereocenters. The van der Waals surface area contributed by atoms with E-state index in [1.807, 2.05) is 0 Å². The number of ether oxygens (including phenoxy) is 1. The molecule has 2 rings (SSSR count). The first-order chi connectivity index (χ1) is 10.0. The smallest absolute Gasteiger partial charge is 0.313 e. The first-order valence-electron chi connectivity index (χ1n) is 6.21. The van der Waals surface area contributed by atoms with Gasteiger partial charge in [0.2, 0.25) is 0 Å². The average Bonchev–Trinajstić information content (AvgIpc) is 2.75. The van der Waals surface area contributed by atoms with E-state index in [2.05, 4.69) is 4.98 Å². The number of methoxy groups -OCH3 is 1. The normalized spacial score (nSPS) is 11.2. The molecule has 0 aliphatic carbocycles. The van der Waals surface area contributed by atoms with Gasteiger partial charge in [-0.05, 0) is 12.5 Å². The van der Waals surface area contributed by atoms with Gasteiger partial charge in [-0.25, -0.2) is 9.37 Å². The number of halogens is 2. The van der Waals surface area contributed by atoms with Crippen LogP contribution >= 0.6 is 23.4 Å². The van der Waals surface area contributed by atoms with E-state index >= 15 is 0 Å². The zero-order valence-corrected chi connectivity index (χ0v) is 12.9. The number of rotatable bonds is 7. The number of carboxylic acid groups (broad SMARTS) is 1. The van der Waals surface area contributed by atoms with Gasteiger partial charge in [-0.2, -0.15) is 0 Å². The molecule has 0 fully saturated rings. The second kappa shape index (κ2) is 7.11. The Balaban J connectivity index is 2.39. The quantitative estimate of drug-likeness (QED) is 0.623. The summed E-state index contributed by atoms with van der Waals surface area (Å²) in [7, 11) is 1.60. The number of nitrogens with zero attached hydrogens (tertiary/aromatic N) is 2. The minimum absolute atomic E-state index is 0.00109. The molecule has 1 aromatic heterocycles. The predicted molar refractivity (Wildman–Crippen MR) is 79.6 cm³/mol. The molecule has 1 aromatic carbocycles. The lowest BCUT2D eigenvalue weighted by Crippen LogP contribution is -2.05. The van der Waals surface area contributed by atoms with Gasteiger partial charge in [-0.15, -0.1) is 0 Å².